The molecule has 2 aromatic carbocycles. The molecule has 0 aromatic heterocycles. The number of hydrogen-bond acceptors (Lipinski definition) is 4. The standard InChI is InChI=1S/C19H24ClNO3/c1-13(2)15-4-6-16(7-5-15)23-8-9-24-19-17(20)10-14(12-21)11-18(19)22-3/h4-7,10-11,13H,8-9,12,21H2,1-3H3. The highest BCUT2D eigenvalue weighted by Gasteiger charge is 2.11. The summed E-state index contributed by atoms with van der Waals surface area (Å²) in [7, 11) is 1.57. The molecular formula is C19H24ClNO3. The van der Waals surface area contributed by atoms with E-state index in [0.29, 0.717) is 42.2 Å². The maximum atomic E-state index is 6.23. The Kier molecular flexibility index (Phi) is 6.76. The molecule has 0 aliphatic carbocycles. The molecule has 0 saturated carbocycles. The molecule has 2 aromatic rings. The Hall–Kier alpha value is -1.91. The zero-order valence-corrected chi connectivity index (χ0v) is 15.1. The second-order valence-electron chi connectivity index (χ2n) is 5.73. The fraction of sp³-hybridized carbons (Fsp3) is 0.368. The van der Waals surface area contributed by atoms with E-state index >= 15 is 0 Å². The monoisotopic (exact) mass is 349 g/mol. The van der Waals surface area contributed by atoms with Crippen molar-refractivity contribution in [3.05, 3.63) is 52.5 Å². The molecule has 0 saturated heterocycles. The summed E-state index contributed by atoms with van der Waals surface area (Å²) in [5.41, 5.74) is 7.81. The van der Waals surface area contributed by atoms with Crippen LogP contribution in [-0.4, -0.2) is 20.3 Å². The Balaban J connectivity index is 1.90. The van der Waals surface area contributed by atoms with Crippen molar-refractivity contribution in [2.45, 2.75) is 26.3 Å². The van der Waals surface area contributed by atoms with Gasteiger partial charge in [-0.05, 0) is 41.3 Å². The quantitative estimate of drug-likeness (QED) is 0.718. The molecule has 130 valence electrons. The number of nitrogens with two attached hydrogens (primary N) is 1. The topological polar surface area (TPSA) is 53.7 Å². The number of rotatable bonds is 8. The van der Waals surface area contributed by atoms with Gasteiger partial charge in [0.15, 0.2) is 11.5 Å². The van der Waals surface area contributed by atoms with Gasteiger partial charge in [-0.25, -0.2) is 0 Å². The lowest BCUT2D eigenvalue weighted by molar-refractivity contribution is 0.211. The summed E-state index contributed by atoms with van der Waals surface area (Å²) in [6, 6.07) is 11.7. The van der Waals surface area contributed by atoms with Crippen LogP contribution < -0.4 is 19.9 Å². The van der Waals surface area contributed by atoms with Gasteiger partial charge in [0.05, 0.1) is 12.1 Å². The Morgan fingerprint density at radius 1 is 1.04 bits per heavy atom. The first-order valence-electron chi connectivity index (χ1n) is 7.97. The molecule has 0 atom stereocenters. The Bertz CT molecular complexity index is 656. The normalized spacial score (nSPS) is 10.8. The van der Waals surface area contributed by atoms with Crippen LogP contribution in [0.2, 0.25) is 5.02 Å². The zero-order valence-electron chi connectivity index (χ0n) is 14.3. The molecule has 2 N–H and O–H groups in total. The van der Waals surface area contributed by atoms with Crippen molar-refractivity contribution in [3.63, 3.8) is 0 Å². The van der Waals surface area contributed by atoms with E-state index in [-0.39, 0.29) is 0 Å². The van der Waals surface area contributed by atoms with E-state index in [1.807, 2.05) is 18.2 Å². The minimum absolute atomic E-state index is 0.365. The maximum Gasteiger partial charge on any atom is 0.179 e. The molecule has 0 heterocycles. The molecule has 4 nitrogen and oxygen atoms in total. The molecule has 0 fully saturated rings. The third kappa shape index (κ3) is 4.79. The number of benzene rings is 2. The minimum Gasteiger partial charge on any atom is -0.493 e. The SMILES string of the molecule is COc1cc(CN)cc(Cl)c1OCCOc1ccc(C(C)C)cc1. The van der Waals surface area contributed by atoms with Crippen molar-refractivity contribution in [3.8, 4) is 17.2 Å². The molecule has 0 radical (unpaired) electrons. The van der Waals surface area contributed by atoms with Gasteiger partial charge < -0.3 is 19.9 Å². The fourth-order valence-corrected chi connectivity index (χ4v) is 2.57. The molecule has 0 aliphatic heterocycles. The van der Waals surface area contributed by atoms with E-state index < -0.39 is 0 Å². The second-order valence-corrected chi connectivity index (χ2v) is 6.14. The van der Waals surface area contributed by atoms with E-state index in [1.165, 1.54) is 5.56 Å². The van der Waals surface area contributed by atoms with Gasteiger partial charge >= 0.3 is 0 Å². The fourth-order valence-electron chi connectivity index (χ4n) is 2.28. The lowest BCUT2D eigenvalue weighted by Crippen LogP contribution is -2.10. The first kappa shape index (κ1) is 18.4. The number of methoxy groups -OCH3 is 1. The molecule has 2 rings (SSSR count). The average Bonchev–Trinajstić information content (AvgIpc) is 2.59. The summed E-state index contributed by atoms with van der Waals surface area (Å²) in [4.78, 5) is 0. The van der Waals surface area contributed by atoms with E-state index in [0.717, 1.165) is 11.3 Å². The minimum atomic E-state index is 0.365. The van der Waals surface area contributed by atoms with E-state index in [1.54, 1.807) is 13.2 Å². The Labute approximate surface area is 148 Å². The lowest BCUT2D eigenvalue weighted by Gasteiger charge is -2.14. The Morgan fingerprint density at radius 2 is 1.71 bits per heavy atom. The van der Waals surface area contributed by atoms with Crippen LogP contribution in [0.25, 0.3) is 0 Å². The highest BCUT2D eigenvalue weighted by Crippen LogP contribution is 2.36. The maximum absolute atomic E-state index is 6.23. The van der Waals surface area contributed by atoms with Gasteiger partial charge in [0, 0.05) is 6.54 Å². The van der Waals surface area contributed by atoms with Crippen LogP contribution in [0.15, 0.2) is 36.4 Å². The van der Waals surface area contributed by atoms with Crippen LogP contribution in [0, 0.1) is 0 Å². The third-order valence-corrected chi connectivity index (χ3v) is 3.95. The smallest absolute Gasteiger partial charge is 0.179 e. The summed E-state index contributed by atoms with van der Waals surface area (Å²) in [5.74, 6) is 2.41. The largest absolute Gasteiger partial charge is 0.493 e. The van der Waals surface area contributed by atoms with Crippen molar-refractivity contribution >= 4 is 11.6 Å². The van der Waals surface area contributed by atoms with Crippen LogP contribution >= 0.6 is 11.6 Å². The predicted molar refractivity (Wildman–Crippen MR) is 97.4 cm³/mol. The van der Waals surface area contributed by atoms with Gasteiger partial charge in [0.1, 0.15) is 19.0 Å². The van der Waals surface area contributed by atoms with Crippen LogP contribution in [-0.2, 0) is 6.54 Å². The molecule has 24 heavy (non-hydrogen) atoms. The first-order chi connectivity index (χ1) is 11.5. The predicted octanol–water partition coefficient (Wildman–Crippen LogP) is 4.39. The van der Waals surface area contributed by atoms with Gasteiger partial charge in [-0.2, -0.15) is 0 Å². The van der Waals surface area contributed by atoms with Gasteiger partial charge in [0.2, 0.25) is 0 Å². The summed E-state index contributed by atoms with van der Waals surface area (Å²) < 4.78 is 16.7. The summed E-state index contributed by atoms with van der Waals surface area (Å²) >= 11 is 6.23. The van der Waals surface area contributed by atoms with Crippen LogP contribution in [0.1, 0.15) is 30.9 Å². The summed E-state index contributed by atoms with van der Waals surface area (Å²) in [5, 5.41) is 0.482. The summed E-state index contributed by atoms with van der Waals surface area (Å²) in [6.07, 6.45) is 0. The first-order valence-corrected chi connectivity index (χ1v) is 8.35. The average molecular weight is 350 g/mol. The number of ether oxygens (including phenoxy) is 3. The zero-order chi connectivity index (χ0) is 17.5. The van der Waals surface area contributed by atoms with Crippen molar-refractivity contribution in [1.82, 2.24) is 0 Å². The second kappa shape index (κ2) is 8.81. The molecule has 0 amide bonds. The highest BCUT2D eigenvalue weighted by atomic mass is 35.5. The highest BCUT2D eigenvalue weighted by molar-refractivity contribution is 6.32. The van der Waals surface area contributed by atoms with Gasteiger partial charge in [0.25, 0.3) is 0 Å². The molecule has 5 heteroatoms. The summed E-state index contributed by atoms with van der Waals surface area (Å²) in [6.45, 7) is 5.50. The molecule has 0 bridgehead atoms. The molecule has 0 aliphatic rings. The Morgan fingerprint density at radius 3 is 2.29 bits per heavy atom. The van der Waals surface area contributed by atoms with E-state index in [2.05, 4.69) is 26.0 Å². The number of halogens is 1. The van der Waals surface area contributed by atoms with Crippen molar-refractivity contribution < 1.29 is 14.2 Å². The van der Waals surface area contributed by atoms with Crippen molar-refractivity contribution in [1.29, 1.82) is 0 Å². The lowest BCUT2D eigenvalue weighted by atomic mass is 10.0. The third-order valence-electron chi connectivity index (χ3n) is 3.67. The van der Waals surface area contributed by atoms with Crippen LogP contribution in [0.3, 0.4) is 0 Å². The molecule has 0 spiro atoms. The van der Waals surface area contributed by atoms with Crippen molar-refractivity contribution in [2.75, 3.05) is 20.3 Å². The van der Waals surface area contributed by atoms with Crippen LogP contribution in [0.4, 0.5) is 0 Å². The van der Waals surface area contributed by atoms with E-state index in [4.69, 9.17) is 31.5 Å². The van der Waals surface area contributed by atoms with Gasteiger partial charge in [-0.3, -0.25) is 0 Å². The van der Waals surface area contributed by atoms with Crippen molar-refractivity contribution in [2.24, 2.45) is 5.73 Å². The van der Waals surface area contributed by atoms with E-state index in [9.17, 15) is 0 Å². The van der Waals surface area contributed by atoms with Crippen LogP contribution in [0.5, 0.6) is 17.2 Å². The number of hydrogen-bond donors (Lipinski definition) is 1. The van der Waals surface area contributed by atoms with Gasteiger partial charge in [-0.15, -0.1) is 0 Å². The van der Waals surface area contributed by atoms with Gasteiger partial charge in [-0.1, -0.05) is 37.6 Å². The molecule has 0 unspecified atom stereocenters. The molecular weight excluding hydrogens is 326 g/mol.